The highest BCUT2D eigenvalue weighted by atomic mass is 19.4. The highest BCUT2D eigenvalue weighted by molar-refractivity contribution is 6.74. The van der Waals surface area contributed by atoms with Crippen LogP contribution in [0.25, 0.3) is 0 Å². The summed E-state index contributed by atoms with van der Waals surface area (Å²) in [6, 6.07) is 3.83. The van der Waals surface area contributed by atoms with Crippen molar-refractivity contribution in [1.82, 2.24) is 0 Å². The largest absolute Gasteiger partial charge is 0.509 e. The van der Waals surface area contributed by atoms with E-state index < -0.39 is 12.4 Å². The zero-order valence-electron chi connectivity index (χ0n) is 9.97. The lowest BCUT2D eigenvalue weighted by Crippen LogP contribution is -2.35. The molecule has 0 fully saturated rings. The number of rotatable bonds is 5. The van der Waals surface area contributed by atoms with Crippen molar-refractivity contribution in [3.63, 3.8) is 0 Å². The molecule has 0 aliphatic carbocycles. The van der Waals surface area contributed by atoms with Crippen molar-refractivity contribution in [3.8, 4) is 5.75 Å². The number of ether oxygens (including phenoxy) is 1. The van der Waals surface area contributed by atoms with E-state index in [2.05, 4.69) is 6.58 Å². The zero-order chi connectivity index (χ0) is 13.1. The van der Waals surface area contributed by atoms with Crippen molar-refractivity contribution in [2.75, 3.05) is 6.61 Å². The molecule has 0 radical (unpaired) electrons. The van der Waals surface area contributed by atoms with Crippen LogP contribution in [0.3, 0.4) is 0 Å². The Balaban J connectivity index is 2.79. The fourth-order valence-electron chi connectivity index (χ4n) is 1.39. The molecular formula is C12H15BF3O-. The van der Waals surface area contributed by atoms with Crippen molar-refractivity contribution >= 4 is 12.4 Å². The minimum Gasteiger partial charge on any atom is -0.489 e. The third-order valence-electron chi connectivity index (χ3n) is 2.54. The number of hydrogen-bond acceptors (Lipinski definition) is 1. The highest BCUT2D eigenvalue weighted by Crippen LogP contribution is 2.17. The van der Waals surface area contributed by atoms with E-state index in [1.807, 2.05) is 6.92 Å². The molecule has 0 saturated carbocycles. The average molecular weight is 243 g/mol. The van der Waals surface area contributed by atoms with Gasteiger partial charge in [0, 0.05) is 0 Å². The van der Waals surface area contributed by atoms with Gasteiger partial charge < -0.3 is 17.7 Å². The summed E-state index contributed by atoms with van der Waals surface area (Å²) in [4.78, 5) is 0. The van der Waals surface area contributed by atoms with Gasteiger partial charge >= 0.3 is 6.98 Å². The van der Waals surface area contributed by atoms with Crippen molar-refractivity contribution in [3.05, 3.63) is 35.9 Å². The smallest absolute Gasteiger partial charge is 0.489 e. The Morgan fingerprint density at radius 3 is 2.47 bits per heavy atom. The van der Waals surface area contributed by atoms with Gasteiger partial charge in [-0.05, 0) is 31.1 Å². The van der Waals surface area contributed by atoms with Gasteiger partial charge in [-0.25, -0.2) is 0 Å². The molecular weight excluding hydrogens is 228 g/mol. The summed E-state index contributed by atoms with van der Waals surface area (Å²) in [7, 11) is 0. The van der Waals surface area contributed by atoms with Crippen LogP contribution in [0.1, 0.15) is 18.9 Å². The Morgan fingerprint density at radius 1 is 1.35 bits per heavy atom. The molecule has 0 heterocycles. The molecule has 0 aliphatic heterocycles. The molecule has 0 amide bonds. The maximum atomic E-state index is 12.6. The SMILES string of the molecule is C=C(CC)COc1ccc([B-](F)(F)F)c(C)c1. The first-order valence-corrected chi connectivity index (χ1v) is 5.44. The van der Waals surface area contributed by atoms with Crippen LogP contribution in [0.5, 0.6) is 5.75 Å². The molecule has 0 unspecified atom stereocenters. The second kappa shape index (κ2) is 5.30. The lowest BCUT2D eigenvalue weighted by atomic mass is 9.77. The quantitative estimate of drug-likeness (QED) is 0.568. The second-order valence-electron chi connectivity index (χ2n) is 3.99. The monoisotopic (exact) mass is 243 g/mol. The third kappa shape index (κ3) is 3.84. The molecule has 1 aromatic rings. The minimum atomic E-state index is -4.95. The van der Waals surface area contributed by atoms with E-state index in [1.165, 1.54) is 19.1 Å². The standard InChI is InChI=1S/C12H15BF3O/c1-4-9(2)8-17-11-5-6-12(10(3)7-11)13(14,15)16/h5-7H,2,4,8H2,1,3H3/q-1. The van der Waals surface area contributed by atoms with Gasteiger partial charge in [-0.1, -0.05) is 25.1 Å². The highest BCUT2D eigenvalue weighted by Gasteiger charge is 2.27. The van der Waals surface area contributed by atoms with Gasteiger partial charge in [-0.2, -0.15) is 0 Å². The summed E-state index contributed by atoms with van der Waals surface area (Å²) in [5, 5.41) is 0. The molecule has 5 heteroatoms. The van der Waals surface area contributed by atoms with Gasteiger partial charge in [0.05, 0.1) is 0 Å². The molecule has 0 saturated heterocycles. The van der Waals surface area contributed by atoms with Gasteiger partial charge in [0.2, 0.25) is 0 Å². The van der Waals surface area contributed by atoms with E-state index in [1.54, 1.807) is 0 Å². The normalized spacial score (nSPS) is 11.4. The minimum absolute atomic E-state index is 0.192. The van der Waals surface area contributed by atoms with Gasteiger partial charge in [-0.3, -0.25) is 0 Å². The average Bonchev–Trinajstić information content (AvgIpc) is 2.24. The molecule has 17 heavy (non-hydrogen) atoms. The van der Waals surface area contributed by atoms with Crippen LogP contribution in [0.15, 0.2) is 30.4 Å². The second-order valence-corrected chi connectivity index (χ2v) is 3.99. The van der Waals surface area contributed by atoms with Gasteiger partial charge in [0.15, 0.2) is 0 Å². The molecule has 94 valence electrons. The van der Waals surface area contributed by atoms with E-state index in [9.17, 15) is 12.9 Å². The number of benzene rings is 1. The molecule has 0 bridgehead atoms. The summed E-state index contributed by atoms with van der Waals surface area (Å²) in [5.74, 6) is 0.445. The van der Waals surface area contributed by atoms with E-state index >= 15 is 0 Å². The molecule has 0 atom stereocenters. The fourth-order valence-corrected chi connectivity index (χ4v) is 1.39. The summed E-state index contributed by atoms with van der Waals surface area (Å²) in [6.07, 6.45) is 0.794. The van der Waals surface area contributed by atoms with Crippen molar-refractivity contribution in [2.24, 2.45) is 0 Å². The first kappa shape index (κ1) is 13.7. The van der Waals surface area contributed by atoms with Crippen molar-refractivity contribution < 1.29 is 17.7 Å². The summed E-state index contributed by atoms with van der Waals surface area (Å²) < 4.78 is 43.0. The van der Waals surface area contributed by atoms with Crippen LogP contribution in [0, 0.1) is 6.92 Å². The van der Waals surface area contributed by atoms with Gasteiger partial charge in [0.1, 0.15) is 12.4 Å². The Kier molecular flexibility index (Phi) is 4.26. The number of halogens is 3. The predicted molar refractivity (Wildman–Crippen MR) is 64.8 cm³/mol. The van der Waals surface area contributed by atoms with Crippen LogP contribution in [-0.4, -0.2) is 13.6 Å². The molecule has 0 N–H and O–H groups in total. The van der Waals surface area contributed by atoms with Crippen LogP contribution in [-0.2, 0) is 0 Å². The van der Waals surface area contributed by atoms with Gasteiger partial charge in [-0.15, -0.1) is 5.46 Å². The maximum Gasteiger partial charge on any atom is 0.509 e. The predicted octanol–water partition coefficient (Wildman–Crippen LogP) is 3.39. The Bertz CT molecular complexity index is 413. The van der Waals surface area contributed by atoms with Crippen LogP contribution in [0.4, 0.5) is 12.9 Å². The van der Waals surface area contributed by atoms with Gasteiger partial charge in [0.25, 0.3) is 0 Å². The Hall–Kier alpha value is -1.39. The molecule has 0 aliphatic rings. The Morgan fingerprint density at radius 2 is 2.00 bits per heavy atom. The molecule has 0 aromatic heterocycles. The molecule has 0 spiro atoms. The molecule has 1 aromatic carbocycles. The van der Waals surface area contributed by atoms with E-state index in [0.29, 0.717) is 12.4 Å². The zero-order valence-corrected chi connectivity index (χ0v) is 9.97. The first-order valence-electron chi connectivity index (χ1n) is 5.44. The molecule has 1 nitrogen and oxygen atoms in total. The topological polar surface area (TPSA) is 9.23 Å². The number of hydrogen-bond donors (Lipinski definition) is 0. The van der Waals surface area contributed by atoms with Crippen LogP contribution < -0.4 is 10.2 Å². The first-order chi connectivity index (χ1) is 7.84. The van der Waals surface area contributed by atoms with Crippen LogP contribution >= 0.6 is 0 Å². The maximum absolute atomic E-state index is 12.6. The Labute approximate surface area is 99.3 Å². The van der Waals surface area contributed by atoms with Crippen molar-refractivity contribution in [2.45, 2.75) is 20.3 Å². The lowest BCUT2D eigenvalue weighted by Gasteiger charge is -2.18. The van der Waals surface area contributed by atoms with E-state index in [-0.39, 0.29) is 5.56 Å². The molecule has 1 rings (SSSR count). The summed E-state index contributed by atoms with van der Waals surface area (Å²) >= 11 is 0. The summed E-state index contributed by atoms with van der Waals surface area (Å²) in [5.41, 5.74) is 0.538. The van der Waals surface area contributed by atoms with Crippen LogP contribution in [0.2, 0.25) is 0 Å². The number of aryl methyl sites for hydroxylation is 1. The van der Waals surface area contributed by atoms with E-state index in [4.69, 9.17) is 4.74 Å². The lowest BCUT2D eigenvalue weighted by molar-refractivity contribution is 0.349. The van der Waals surface area contributed by atoms with E-state index in [0.717, 1.165) is 18.1 Å². The fraction of sp³-hybridized carbons (Fsp3) is 0.333. The third-order valence-corrected chi connectivity index (χ3v) is 2.54. The summed E-state index contributed by atoms with van der Waals surface area (Å²) in [6.45, 7) is 2.55. The van der Waals surface area contributed by atoms with Crippen molar-refractivity contribution in [1.29, 1.82) is 0 Å².